The van der Waals surface area contributed by atoms with E-state index in [0.29, 0.717) is 37.1 Å². The highest BCUT2D eigenvalue weighted by Gasteiger charge is 2.26. The Kier molecular flexibility index (Phi) is 4.63. The lowest BCUT2D eigenvalue weighted by Crippen LogP contribution is -2.46. The zero-order valence-electron chi connectivity index (χ0n) is 12.1. The van der Waals surface area contributed by atoms with Crippen molar-refractivity contribution in [3.63, 3.8) is 0 Å². The van der Waals surface area contributed by atoms with Crippen molar-refractivity contribution >= 4 is 15.9 Å². The van der Waals surface area contributed by atoms with Gasteiger partial charge in [0, 0.05) is 24.7 Å². The number of piperidine rings is 1. The van der Waals surface area contributed by atoms with Crippen molar-refractivity contribution in [3.8, 4) is 0 Å². The molecule has 0 radical (unpaired) electrons. The van der Waals surface area contributed by atoms with Crippen LogP contribution in [0.2, 0.25) is 0 Å². The number of halogens is 1. The molecule has 1 aliphatic heterocycles. The van der Waals surface area contributed by atoms with Crippen LogP contribution in [0.1, 0.15) is 28.8 Å². The van der Waals surface area contributed by atoms with Crippen molar-refractivity contribution in [1.29, 1.82) is 0 Å². The third-order valence-corrected chi connectivity index (χ3v) is 4.99. The molecule has 1 aromatic carbocycles. The molecule has 0 atom stereocenters. The van der Waals surface area contributed by atoms with Crippen LogP contribution >= 0.6 is 0 Å². The van der Waals surface area contributed by atoms with Crippen LogP contribution in [0, 0.1) is 12.7 Å². The Morgan fingerprint density at radius 2 is 1.95 bits per heavy atom. The summed E-state index contributed by atoms with van der Waals surface area (Å²) in [5, 5.41) is 2.88. The van der Waals surface area contributed by atoms with Gasteiger partial charge >= 0.3 is 0 Å². The van der Waals surface area contributed by atoms with Gasteiger partial charge in [-0.2, -0.15) is 0 Å². The van der Waals surface area contributed by atoms with E-state index in [2.05, 4.69) is 5.32 Å². The molecule has 1 N–H and O–H groups in total. The molecule has 1 aliphatic rings. The number of carbonyl (C=O) groups excluding carboxylic acids is 1. The van der Waals surface area contributed by atoms with Crippen molar-refractivity contribution in [2.24, 2.45) is 0 Å². The number of hydrogen-bond acceptors (Lipinski definition) is 3. The number of amides is 1. The van der Waals surface area contributed by atoms with Gasteiger partial charge in [-0.15, -0.1) is 0 Å². The SMILES string of the molecule is Cc1cc(F)ccc1C(=O)NC1CCN(S(C)(=O)=O)CC1. The first-order valence-electron chi connectivity index (χ1n) is 6.79. The summed E-state index contributed by atoms with van der Waals surface area (Å²) in [6.07, 6.45) is 2.35. The molecule has 1 amide bonds. The van der Waals surface area contributed by atoms with Crippen LogP contribution in [0.25, 0.3) is 0 Å². The van der Waals surface area contributed by atoms with Crippen LogP contribution in [0.3, 0.4) is 0 Å². The number of sulfonamides is 1. The lowest BCUT2D eigenvalue weighted by atomic mass is 10.0. The van der Waals surface area contributed by atoms with E-state index >= 15 is 0 Å². The van der Waals surface area contributed by atoms with E-state index < -0.39 is 10.0 Å². The predicted octanol–water partition coefficient (Wildman–Crippen LogP) is 1.29. The maximum Gasteiger partial charge on any atom is 0.251 e. The Hall–Kier alpha value is -1.47. The Morgan fingerprint density at radius 1 is 1.33 bits per heavy atom. The van der Waals surface area contributed by atoms with Crippen LogP contribution in [-0.2, 0) is 10.0 Å². The van der Waals surface area contributed by atoms with Crippen molar-refractivity contribution < 1.29 is 17.6 Å². The molecule has 116 valence electrons. The fraction of sp³-hybridized carbons (Fsp3) is 0.500. The number of nitrogens with zero attached hydrogens (tertiary/aromatic N) is 1. The lowest BCUT2D eigenvalue weighted by molar-refractivity contribution is 0.0923. The second kappa shape index (κ2) is 6.11. The van der Waals surface area contributed by atoms with Crippen molar-refractivity contribution in [1.82, 2.24) is 9.62 Å². The summed E-state index contributed by atoms with van der Waals surface area (Å²) < 4.78 is 37.3. The zero-order valence-corrected chi connectivity index (χ0v) is 12.9. The largest absolute Gasteiger partial charge is 0.349 e. The van der Waals surface area contributed by atoms with Crippen LogP contribution in [0.5, 0.6) is 0 Å². The highest BCUT2D eigenvalue weighted by Crippen LogP contribution is 2.15. The average Bonchev–Trinajstić information content (AvgIpc) is 2.38. The molecule has 0 saturated carbocycles. The lowest BCUT2D eigenvalue weighted by Gasteiger charge is -2.30. The summed E-state index contributed by atoms with van der Waals surface area (Å²) in [6, 6.07) is 3.99. The summed E-state index contributed by atoms with van der Waals surface area (Å²) in [5.74, 6) is -0.615. The summed E-state index contributed by atoms with van der Waals surface area (Å²) in [7, 11) is -3.16. The van der Waals surface area contributed by atoms with Gasteiger partial charge in [0.2, 0.25) is 10.0 Å². The number of aryl methyl sites for hydroxylation is 1. The van der Waals surface area contributed by atoms with Crippen LogP contribution in [0.15, 0.2) is 18.2 Å². The molecule has 2 rings (SSSR count). The Bertz CT molecular complexity index is 638. The first kappa shape index (κ1) is 15.9. The van der Waals surface area contributed by atoms with Gasteiger partial charge in [0.15, 0.2) is 0 Å². The Morgan fingerprint density at radius 3 is 2.48 bits per heavy atom. The molecule has 1 heterocycles. The molecule has 21 heavy (non-hydrogen) atoms. The minimum absolute atomic E-state index is 0.0556. The van der Waals surface area contributed by atoms with E-state index in [0.717, 1.165) is 0 Å². The maximum absolute atomic E-state index is 13.0. The van der Waals surface area contributed by atoms with Crippen molar-refractivity contribution in [3.05, 3.63) is 35.1 Å². The summed E-state index contributed by atoms with van der Waals surface area (Å²) >= 11 is 0. The van der Waals surface area contributed by atoms with E-state index in [1.54, 1.807) is 6.92 Å². The fourth-order valence-corrected chi connectivity index (χ4v) is 3.35. The van der Waals surface area contributed by atoms with Crippen molar-refractivity contribution in [2.75, 3.05) is 19.3 Å². The number of rotatable bonds is 3. The molecule has 1 saturated heterocycles. The predicted molar refractivity (Wildman–Crippen MR) is 78.0 cm³/mol. The second-order valence-electron chi connectivity index (χ2n) is 5.37. The molecular weight excluding hydrogens is 295 g/mol. The molecule has 7 heteroatoms. The molecule has 0 aliphatic carbocycles. The molecule has 0 bridgehead atoms. The Labute approximate surface area is 124 Å². The molecule has 1 fully saturated rings. The van der Waals surface area contributed by atoms with Gasteiger partial charge in [0.05, 0.1) is 6.26 Å². The van der Waals surface area contributed by atoms with Gasteiger partial charge < -0.3 is 5.32 Å². The molecular formula is C14H19FN2O3S. The van der Waals surface area contributed by atoms with E-state index in [1.807, 2.05) is 0 Å². The molecule has 0 unspecified atom stereocenters. The van der Waals surface area contributed by atoms with E-state index in [-0.39, 0.29) is 17.8 Å². The van der Waals surface area contributed by atoms with E-state index in [1.165, 1.54) is 28.8 Å². The summed E-state index contributed by atoms with van der Waals surface area (Å²) in [5.41, 5.74) is 1.03. The van der Waals surface area contributed by atoms with Gasteiger partial charge in [0.25, 0.3) is 5.91 Å². The maximum atomic E-state index is 13.0. The zero-order chi connectivity index (χ0) is 15.6. The van der Waals surface area contributed by atoms with Crippen molar-refractivity contribution in [2.45, 2.75) is 25.8 Å². The summed E-state index contributed by atoms with van der Waals surface area (Å²) in [4.78, 5) is 12.2. The number of hydrogen-bond donors (Lipinski definition) is 1. The van der Waals surface area contributed by atoms with Gasteiger partial charge in [-0.3, -0.25) is 4.79 Å². The van der Waals surface area contributed by atoms with Crippen LogP contribution in [-0.4, -0.2) is 44.0 Å². The average molecular weight is 314 g/mol. The molecule has 0 spiro atoms. The van der Waals surface area contributed by atoms with Gasteiger partial charge in [-0.1, -0.05) is 0 Å². The van der Waals surface area contributed by atoms with Crippen LogP contribution in [0.4, 0.5) is 4.39 Å². The first-order valence-corrected chi connectivity index (χ1v) is 8.64. The number of carbonyl (C=O) groups is 1. The normalized spacial score (nSPS) is 17.7. The minimum Gasteiger partial charge on any atom is -0.349 e. The first-order chi connectivity index (χ1) is 9.77. The van der Waals surface area contributed by atoms with Crippen LogP contribution < -0.4 is 5.32 Å². The highest BCUT2D eigenvalue weighted by atomic mass is 32.2. The highest BCUT2D eigenvalue weighted by molar-refractivity contribution is 7.88. The Balaban J connectivity index is 1.96. The summed E-state index contributed by atoms with van der Waals surface area (Å²) in [6.45, 7) is 2.50. The van der Waals surface area contributed by atoms with E-state index in [4.69, 9.17) is 0 Å². The smallest absolute Gasteiger partial charge is 0.251 e. The van der Waals surface area contributed by atoms with Gasteiger partial charge in [0.1, 0.15) is 5.82 Å². The third-order valence-electron chi connectivity index (χ3n) is 3.69. The quantitative estimate of drug-likeness (QED) is 0.914. The standard InChI is InChI=1S/C14H19FN2O3S/c1-10-9-11(15)3-4-13(10)14(18)16-12-5-7-17(8-6-12)21(2,19)20/h3-4,9,12H,5-8H2,1-2H3,(H,16,18). The number of nitrogens with one attached hydrogen (secondary N) is 1. The second-order valence-corrected chi connectivity index (χ2v) is 7.35. The fourth-order valence-electron chi connectivity index (χ4n) is 2.48. The van der Waals surface area contributed by atoms with Gasteiger partial charge in [-0.05, 0) is 43.5 Å². The number of benzene rings is 1. The molecule has 1 aromatic rings. The monoisotopic (exact) mass is 314 g/mol. The van der Waals surface area contributed by atoms with Gasteiger partial charge in [-0.25, -0.2) is 17.1 Å². The molecule has 0 aromatic heterocycles. The third kappa shape index (κ3) is 4.01. The van der Waals surface area contributed by atoms with E-state index in [9.17, 15) is 17.6 Å². The topological polar surface area (TPSA) is 66.5 Å². The minimum atomic E-state index is -3.16. The molecule has 5 nitrogen and oxygen atoms in total.